The first-order valence-corrected chi connectivity index (χ1v) is 8.49. The first-order valence-electron chi connectivity index (χ1n) is 8.49. The van der Waals surface area contributed by atoms with Gasteiger partial charge in [-0.15, -0.1) is 0 Å². The van der Waals surface area contributed by atoms with Crippen LogP contribution in [0.15, 0.2) is 0 Å². The summed E-state index contributed by atoms with van der Waals surface area (Å²) in [7, 11) is 0. The average Bonchev–Trinajstić information content (AvgIpc) is 2.28. The molecule has 0 radical (unpaired) electrons. The van der Waals surface area contributed by atoms with Crippen molar-refractivity contribution in [1.82, 2.24) is 10.2 Å². The van der Waals surface area contributed by atoms with Crippen LogP contribution in [-0.2, 0) is 4.74 Å². The van der Waals surface area contributed by atoms with Crippen molar-refractivity contribution in [2.24, 2.45) is 0 Å². The van der Waals surface area contributed by atoms with Gasteiger partial charge in [0.25, 0.3) is 0 Å². The van der Waals surface area contributed by atoms with Crippen molar-refractivity contribution >= 4 is 0 Å². The van der Waals surface area contributed by atoms with Crippen molar-refractivity contribution in [3.8, 4) is 0 Å². The molecule has 1 fully saturated rings. The molecule has 1 aliphatic rings. The summed E-state index contributed by atoms with van der Waals surface area (Å²) in [5.74, 6) is 0. The standard InChI is InChI=1S/C17H36N2O/c1-14(2)18-11-10-17(8-7-9-17)20-13-12-19(15(3)4)16(5)6/h14-16,18H,7-13H2,1-6H3. The lowest BCUT2D eigenvalue weighted by Gasteiger charge is -2.43. The molecule has 0 heterocycles. The molecule has 0 aliphatic heterocycles. The zero-order chi connectivity index (χ0) is 15.2. The van der Waals surface area contributed by atoms with E-state index in [1.807, 2.05) is 0 Å². The molecule has 0 saturated heterocycles. The Morgan fingerprint density at radius 2 is 1.65 bits per heavy atom. The molecule has 1 saturated carbocycles. The van der Waals surface area contributed by atoms with E-state index in [1.165, 1.54) is 19.3 Å². The zero-order valence-corrected chi connectivity index (χ0v) is 14.5. The van der Waals surface area contributed by atoms with Gasteiger partial charge in [-0.2, -0.15) is 0 Å². The second-order valence-electron chi connectivity index (χ2n) is 7.17. The molecule has 0 aromatic carbocycles. The van der Waals surface area contributed by atoms with E-state index in [-0.39, 0.29) is 5.60 Å². The molecule has 0 amide bonds. The lowest BCUT2D eigenvalue weighted by atomic mass is 9.77. The fourth-order valence-corrected chi connectivity index (χ4v) is 3.11. The van der Waals surface area contributed by atoms with E-state index in [2.05, 4.69) is 51.8 Å². The van der Waals surface area contributed by atoms with Gasteiger partial charge < -0.3 is 10.1 Å². The van der Waals surface area contributed by atoms with Crippen LogP contribution in [0, 0.1) is 0 Å². The van der Waals surface area contributed by atoms with Crippen LogP contribution >= 0.6 is 0 Å². The molecule has 1 rings (SSSR count). The van der Waals surface area contributed by atoms with E-state index >= 15 is 0 Å². The van der Waals surface area contributed by atoms with E-state index in [4.69, 9.17) is 4.74 Å². The van der Waals surface area contributed by atoms with E-state index < -0.39 is 0 Å². The highest BCUT2D eigenvalue weighted by Gasteiger charge is 2.37. The molecule has 1 N–H and O–H groups in total. The molecular formula is C17H36N2O. The minimum atomic E-state index is 0.182. The fraction of sp³-hybridized carbons (Fsp3) is 1.00. The molecule has 120 valence electrons. The second kappa shape index (κ2) is 8.35. The Kier molecular flexibility index (Phi) is 7.49. The Morgan fingerprint density at radius 3 is 2.05 bits per heavy atom. The van der Waals surface area contributed by atoms with Crippen LogP contribution in [0.4, 0.5) is 0 Å². The third-order valence-corrected chi connectivity index (χ3v) is 4.48. The molecule has 1 aliphatic carbocycles. The Balaban J connectivity index is 2.30. The number of nitrogens with one attached hydrogen (secondary N) is 1. The van der Waals surface area contributed by atoms with Gasteiger partial charge in [-0.25, -0.2) is 0 Å². The molecule has 3 nitrogen and oxygen atoms in total. The largest absolute Gasteiger partial charge is 0.374 e. The van der Waals surface area contributed by atoms with Crippen molar-refractivity contribution in [2.75, 3.05) is 19.7 Å². The van der Waals surface area contributed by atoms with Crippen molar-refractivity contribution in [3.05, 3.63) is 0 Å². The summed E-state index contributed by atoms with van der Waals surface area (Å²) in [4.78, 5) is 2.51. The van der Waals surface area contributed by atoms with E-state index in [0.29, 0.717) is 18.1 Å². The predicted molar refractivity (Wildman–Crippen MR) is 87.3 cm³/mol. The highest BCUT2D eigenvalue weighted by Crippen LogP contribution is 2.38. The SMILES string of the molecule is CC(C)NCCC1(OCCN(C(C)C)C(C)C)CCC1. The van der Waals surface area contributed by atoms with Gasteiger partial charge in [0.05, 0.1) is 12.2 Å². The summed E-state index contributed by atoms with van der Waals surface area (Å²) in [5, 5.41) is 3.51. The smallest absolute Gasteiger partial charge is 0.0695 e. The summed E-state index contributed by atoms with van der Waals surface area (Å²) < 4.78 is 6.30. The molecule has 0 aromatic rings. The van der Waals surface area contributed by atoms with E-state index in [0.717, 1.165) is 26.1 Å². The third kappa shape index (κ3) is 5.71. The highest BCUT2D eigenvalue weighted by molar-refractivity contribution is 4.90. The molecule has 20 heavy (non-hydrogen) atoms. The number of hydrogen-bond donors (Lipinski definition) is 1. The van der Waals surface area contributed by atoms with E-state index in [9.17, 15) is 0 Å². The summed E-state index contributed by atoms with van der Waals surface area (Å²) >= 11 is 0. The molecule has 0 aromatic heterocycles. The summed E-state index contributed by atoms with van der Waals surface area (Å²) in [6.45, 7) is 16.5. The number of ether oxygens (including phenoxy) is 1. The van der Waals surface area contributed by atoms with Crippen LogP contribution < -0.4 is 5.32 Å². The normalized spacial score (nSPS) is 18.3. The second-order valence-corrected chi connectivity index (χ2v) is 7.17. The lowest BCUT2D eigenvalue weighted by Crippen LogP contribution is -2.46. The zero-order valence-electron chi connectivity index (χ0n) is 14.5. The van der Waals surface area contributed by atoms with Crippen LogP contribution in [-0.4, -0.2) is 48.3 Å². The van der Waals surface area contributed by atoms with Gasteiger partial charge >= 0.3 is 0 Å². The van der Waals surface area contributed by atoms with Crippen LogP contribution in [0.3, 0.4) is 0 Å². The highest BCUT2D eigenvalue weighted by atomic mass is 16.5. The summed E-state index contributed by atoms with van der Waals surface area (Å²) in [6.07, 6.45) is 4.99. The Labute approximate surface area is 126 Å². The van der Waals surface area contributed by atoms with Crippen LogP contribution in [0.25, 0.3) is 0 Å². The fourth-order valence-electron chi connectivity index (χ4n) is 3.11. The lowest BCUT2D eigenvalue weighted by molar-refractivity contribution is -0.111. The van der Waals surface area contributed by atoms with Crippen molar-refractivity contribution in [2.45, 2.75) is 91.0 Å². The summed E-state index contributed by atoms with van der Waals surface area (Å²) in [5.41, 5.74) is 0.182. The maximum absolute atomic E-state index is 6.30. The Hall–Kier alpha value is -0.120. The molecule has 0 spiro atoms. The molecular weight excluding hydrogens is 248 g/mol. The van der Waals surface area contributed by atoms with Crippen molar-refractivity contribution in [3.63, 3.8) is 0 Å². The quantitative estimate of drug-likeness (QED) is 0.665. The van der Waals surface area contributed by atoms with Gasteiger partial charge in [0.1, 0.15) is 0 Å². The predicted octanol–water partition coefficient (Wildman–Crippen LogP) is 3.43. The van der Waals surface area contributed by atoms with Gasteiger partial charge in [0, 0.05) is 24.7 Å². The topological polar surface area (TPSA) is 24.5 Å². The van der Waals surface area contributed by atoms with Crippen molar-refractivity contribution in [1.29, 1.82) is 0 Å². The molecule has 3 heteroatoms. The number of rotatable bonds is 10. The molecule has 0 unspecified atom stereocenters. The number of hydrogen-bond acceptors (Lipinski definition) is 3. The molecule has 0 bridgehead atoms. The monoisotopic (exact) mass is 284 g/mol. The van der Waals surface area contributed by atoms with E-state index in [1.54, 1.807) is 0 Å². The van der Waals surface area contributed by atoms with Gasteiger partial charge in [0.15, 0.2) is 0 Å². The summed E-state index contributed by atoms with van der Waals surface area (Å²) in [6, 6.07) is 1.77. The maximum Gasteiger partial charge on any atom is 0.0695 e. The van der Waals surface area contributed by atoms with Gasteiger partial charge in [0.2, 0.25) is 0 Å². The van der Waals surface area contributed by atoms with Crippen molar-refractivity contribution < 1.29 is 4.74 Å². The molecule has 0 atom stereocenters. The first kappa shape index (κ1) is 17.9. The van der Waals surface area contributed by atoms with Gasteiger partial charge in [-0.3, -0.25) is 4.90 Å². The minimum absolute atomic E-state index is 0.182. The van der Waals surface area contributed by atoms with Gasteiger partial charge in [-0.05, 0) is 59.9 Å². The van der Waals surface area contributed by atoms with Crippen LogP contribution in [0.1, 0.15) is 67.2 Å². The minimum Gasteiger partial charge on any atom is -0.374 e. The number of nitrogens with zero attached hydrogens (tertiary/aromatic N) is 1. The third-order valence-electron chi connectivity index (χ3n) is 4.48. The van der Waals surface area contributed by atoms with Crippen LogP contribution in [0.5, 0.6) is 0 Å². The Bertz CT molecular complexity index is 252. The average molecular weight is 284 g/mol. The van der Waals surface area contributed by atoms with Gasteiger partial charge in [-0.1, -0.05) is 13.8 Å². The first-order chi connectivity index (χ1) is 9.36. The Morgan fingerprint density at radius 1 is 1.05 bits per heavy atom. The maximum atomic E-state index is 6.30. The van der Waals surface area contributed by atoms with Crippen LogP contribution in [0.2, 0.25) is 0 Å².